The minimum absolute atomic E-state index is 0. The van der Waals surface area contributed by atoms with Gasteiger partial charge in [-0.15, -0.1) is 0 Å². The van der Waals surface area contributed by atoms with E-state index in [0.717, 1.165) is 5.69 Å². The largest absolute Gasteiger partial charge is 1.00 e. The van der Waals surface area contributed by atoms with Crippen molar-refractivity contribution in [3.05, 3.63) is 94.5 Å². The Morgan fingerprint density at radius 1 is 0.706 bits per heavy atom. The van der Waals surface area contributed by atoms with E-state index >= 15 is 0 Å². The van der Waals surface area contributed by atoms with Crippen molar-refractivity contribution < 1.29 is 49.7 Å². The van der Waals surface area contributed by atoms with Gasteiger partial charge in [-0.3, -0.25) is 14.8 Å². The molecule has 2 N–H and O–H groups in total. The number of pyridine rings is 4. The SMILES string of the molecule is CC(=O)c1ccc(-c2ccccn2)nc1Cl.O=C(O)c1ccc(-c2ccccn2)nc1Cl.[Na+].[OH-]. The molecule has 8 nitrogen and oxygen atoms in total. The van der Waals surface area contributed by atoms with E-state index in [9.17, 15) is 9.59 Å². The van der Waals surface area contributed by atoms with Gasteiger partial charge in [-0.25, -0.2) is 14.8 Å². The van der Waals surface area contributed by atoms with Crippen LogP contribution in [0.3, 0.4) is 0 Å². The number of carboxylic acids is 1. The van der Waals surface area contributed by atoms with Crippen LogP contribution in [0.25, 0.3) is 22.8 Å². The Morgan fingerprint density at radius 2 is 1.15 bits per heavy atom. The van der Waals surface area contributed by atoms with E-state index in [1.54, 1.807) is 42.7 Å². The molecule has 168 valence electrons. The molecule has 11 heteroatoms. The number of aromatic nitrogens is 4. The molecule has 0 radical (unpaired) electrons. The molecule has 0 saturated heterocycles. The molecule has 0 atom stereocenters. The van der Waals surface area contributed by atoms with Gasteiger partial charge in [-0.2, -0.15) is 0 Å². The summed E-state index contributed by atoms with van der Waals surface area (Å²) < 4.78 is 0. The fraction of sp³-hybridized carbons (Fsp3) is 0.0435. The van der Waals surface area contributed by atoms with Crippen molar-refractivity contribution in [2.24, 2.45) is 0 Å². The first kappa shape index (κ1) is 29.3. The predicted molar refractivity (Wildman–Crippen MR) is 124 cm³/mol. The Morgan fingerprint density at radius 3 is 1.47 bits per heavy atom. The van der Waals surface area contributed by atoms with Gasteiger partial charge in [-0.05, 0) is 55.5 Å². The molecule has 0 unspecified atom stereocenters. The molecule has 34 heavy (non-hydrogen) atoms. The molecule has 0 bridgehead atoms. The molecule has 0 amide bonds. The summed E-state index contributed by atoms with van der Waals surface area (Å²) in [4.78, 5) is 38.3. The Balaban J connectivity index is 0.000000321. The molecule has 0 fully saturated rings. The molecule has 4 aromatic rings. The van der Waals surface area contributed by atoms with Gasteiger partial charge in [0.25, 0.3) is 0 Å². The quantitative estimate of drug-likeness (QED) is 0.253. The van der Waals surface area contributed by atoms with Gasteiger partial charge in [0, 0.05) is 12.4 Å². The average molecular weight is 507 g/mol. The van der Waals surface area contributed by atoms with Crippen molar-refractivity contribution in [1.82, 2.24) is 19.9 Å². The third kappa shape index (κ3) is 7.66. The third-order valence-electron chi connectivity index (χ3n) is 4.16. The van der Waals surface area contributed by atoms with Gasteiger partial charge >= 0.3 is 35.5 Å². The zero-order valence-electron chi connectivity index (χ0n) is 18.2. The van der Waals surface area contributed by atoms with Crippen molar-refractivity contribution in [3.63, 3.8) is 0 Å². The normalized spacial score (nSPS) is 9.50. The number of aromatic carboxylic acids is 1. The number of hydrogen-bond donors (Lipinski definition) is 1. The Labute approximate surface area is 227 Å². The number of halogens is 2. The van der Waals surface area contributed by atoms with E-state index in [0.29, 0.717) is 22.6 Å². The average Bonchev–Trinajstić information content (AvgIpc) is 2.80. The molecule has 0 aliphatic heterocycles. The summed E-state index contributed by atoms with van der Waals surface area (Å²) in [5, 5.41) is 8.97. The summed E-state index contributed by atoms with van der Waals surface area (Å²) in [6.07, 6.45) is 3.32. The van der Waals surface area contributed by atoms with Crippen LogP contribution in [0.15, 0.2) is 73.1 Å². The molecule has 4 heterocycles. The number of nitrogens with zero attached hydrogens (tertiary/aromatic N) is 4. The van der Waals surface area contributed by atoms with Crippen molar-refractivity contribution in [2.75, 3.05) is 0 Å². The fourth-order valence-electron chi connectivity index (χ4n) is 2.60. The number of rotatable bonds is 4. The molecular formula is C23H17Cl2N4NaO4. The fourth-order valence-corrected chi connectivity index (χ4v) is 3.13. The maximum absolute atomic E-state index is 11.2. The van der Waals surface area contributed by atoms with Crippen molar-refractivity contribution >= 4 is 35.0 Å². The van der Waals surface area contributed by atoms with E-state index in [2.05, 4.69) is 19.9 Å². The summed E-state index contributed by atoms with van der Waals surface area (Å²) in [6.45, 7) is 1.46. The number of carbonyl (C=O) groups excluding carboxylic acids is 1. The van der Waals surface area contributed by atoms with Crippen LogP contribution in [0.1, 0.15) is 27.6 Å². The number of ketones is 1. The second-order valence-corrected chi connectivity index (χ2v) is 7.08. The van der Waals surface area contributed by atoms with E-state index in [1.807, 2.05) is 24.3 Å². The summed E-state index contributed by atoms with van der Waals surface area (Å²) in [5.74, 6) is -1.19. The minimum atomic E-state index is -1.09. The van der Waals surface area contributed by atoms with Crippen molar-refractivity contribution in [3.8, 4) is 22.8 Å². The van der Waals surface area contributed by atoms with Crippen molar-refractivity contribution in [1.29, 1.82) is 0 Å². The number of carboxylic acid groups (broad SMARTS) is 1. The van der Waals surface area contributed by atoms with E-state index in [4.69, 9.17) is 28.3 Å². The monoisotopic (exact) mass is 506 g/mol. The van der Waals surface area contributed by atoms with Crippen LogP contribution in [-0.4, -0.2) is 42.3 Å². The first-order valence-corrected chi connectivity index (χ1v) is 10.0. The van der Waals surface area contributed by atoms with Gasteiger partial charge in [-0.1, -0.05) is 35.3 Å². The Hall–Kier alpha value is -2.72. The van der Waals surface area contributed by atoms with Crippen LogP contribution < -0.4 is 29.6 Å². The van der Waals surface area contributed by atoms with Crippen LogP contribution in [0.4, 0.5) is 0 Å². The first-order chi connectivity index (χ1) is 15.4. The third-order valence-corrected chi connectivity index (χ3v) is 4.74. The second kappa shape index (κ2) is 13.9. The van der Waals surface area contributed by atoms with Crippen LogP contribution in [0, 0.1) is 0 Å². The van der Waals surface area contributed by atoms with E-state index in [-0.39, 0.29) is 56.7 Å². The topological polar surface area (TPSA) is 136 Å². The van der Waals surface area contributed by atoms with Crippen LogP contribution >= 0.6 is 23.2 Å². The Kier molecular flexibility index (Phi) is 11.9. The van der Waals surface area contributed by atoms with Gasteiger partial charge in [0.05, 0.1) is 33.9 Å². The van der Waals surface area contributed by atoms with E-state index < -0.39 is 5.97 Å². The molecule has 4 aromatic heterocycles. The summed E-state index contributed by atoms with van der Waals surface area (Å²) in [6, 6.07) is 17.3. The predicted octanol–water partition coefficient (Wildman–Crippen LogP) is 2.32. The minimum Gasteiger partial charge on any atom is -0.870 e. The van der Waals surface area contributed by atoms with Crippen LogP contribution in [0.2, 0.25) is 10.3 Å². The molecule has 0 aromatic carbocycles. The van der Waals surface area contributed by atoms with Crippen LogP contribution in [0.5, 0.6) is 0 Å². The number of carbonyl (C=O) groups is 2. The van der Waals surface area contributed by atoms with Crippen LogP contribution in [-0.2, 0) is 0 Å². The standard InChI is InChI=1S/C12H9ClN2O.C11H7ClN2O2.Na.H2O/c1-8(16)9-5-6-11(15-12(9)13)10-4-2-3-7-14-10;12-10-7(11(15)16)4-5-9(14-10)8-3-1-2-6-13-8;;/h2-7H,1H3;1-6H,(H,15,16);;1H2/q;;+1;/p-1. The molecule has 0 spiro atoms. The maximum atomic E-state index is 11.2. The summed E-state index contributed by atoms with van der Waals surface area (Å²) in [7, 11) is 0. The maximum Gasteiger partial charge on any atom is 1.00 e. The Bertz CT molecular complexity index is 1160. The number of Topliss-reactive ketones (excluding diaryl/α,β-unsaturated/α-hetero) is 1. The molecule has 0 aliphatic rings. The van der Waals surface area contributed by atoms with Gasteiger partial charge in [0.15, 0.2) is 5.78 Å². The summed E-state index contributed by atoms with van der Waals surface area (Å²) in [5.41, 5.74) is 3.02. The number of hydrogen-bond acceptors (Lipinski definition) is 7. The first-order valence-electron chi connectivity index (χ1n) is 9.27. The van der Waals surface area contributed by atoms with Gasteiger partial charge < -0.3 is 10.6 Å². The van der Waals surface area contributed by atoms with E-state index in [1.165, 1.54) is 13.0 Å². The zero-order chi connectivity index (χ0) is 23.1. The molecular weight excluding hydrogens is 490 g/mol. The zero-order valence-corrected chi connectivity index (χ0v) is 21.7. The smallest absolute Gasteiger partial charge is 0.870 e. The molecule has 0 saturated carbocycles. The van der Waals surface area contributed by atoms with Gasteiger partial charge in [0.2, 0.25) is 0 Å². The van der Waals surface area contributed by atoms with Crippen molar-refractivity contribution in [2.45, 2.75) is 6.92 Å². The molecule has 4 rings (SSSR count). The summed E-state index contributed by atoms with van der Waals surface area (Å²) >= 11 is 11.7. The van der Waals surface area contributed by atoms with Gasteiger partial charge in [0.1, 0.15) is 10.3 Å². The second-order valence-electron chi connectivity index (χ2n) is 6.36. The molecule has 0 aliphatic carbocycles.